The molecule has 1 saturated heterocycles. The molecule has 4 heterocycles. The Morgan fingerprint density at radius 3 is 2.71 bits per heavy atom. The number of aromatic nitrogens is 2. The van der Waals surface area contributed by atoms with Crippen molar-refractivity contribution in [1.29, 1.82) is 0 Å². The molecule has 3 N–H and O–H groups in total. The predicted molar refractivity (Wildman–Crippen MR) is 176 cm³/mol. The zero-order valence-corrected chi connectivity index (χ0v) is 25.5. The Labute approximate surface area is 271 Å². The molecule has 1 aliphatic carbocycles. The number of carbonyl (C=O) groups excluding carboxylic acids is 2. The highest BCUT2D eigenvalue weighted by atomic mass is 35.5. The maximum atomic E-state index is 16.3. The van der Waals surface area contributed by atoms with Crippen LogP contribution in [0.15, 0.2) is 54.6 Å². The van der Waals surface area contributed by atoms with Crippen molar-refractivity contribution in [3.63, 3.8) is 0 Å². The first kappa shape index (κ1) is 30.4. The van der Waals surface area contributed by atoms with Crippen LogP contribution in [0.3, 0.4) is 0 Å². The number of amides is 1. The van der Waals surface area contributed by atoms with Crippen molar-refractivity contribution in [2.45, 2.75) is 69.5 Å². The minimum Gasteiger partial charge on any atom is -0.330 e. The van der Waals surface area contributed by atoms with E-state index in [0.717, 1.165) is 48.2 Å². The van der Waals surface area contributed by atoms with Gasteiger partial charge in [0.2, 0.25) is 5.91 Å². The number of nitrogens with zero attached hydrogens (tertiary/aromatic N) is 3. The molecule has 1 saturated carbocycles. The van der Waals surface area contributed by atoms with Crippen LogP contribution in [0.2, 0.25) is 10.0 Å². The third-order valence-corrected chi connectivity index (χ3v) is 10.7. The molecule has 3 aromatic carbocycles. The topological polar surface area (TPSA) is 93.2 Å². The number of ketones is 1. The zero-order chi connectivity index (χ0) is 30.3. The monoisotopic (exact) mass is 647 g/mol. The number of anilines is 1. The van der Waals surface area contributed by atoms with Crippen LogP contribution in [-0.2, 0) is 16.9 Å². The van der Waals surface area contributed by atoms with E-state index in [0.29, 0.717) is 53.7 Å². The number of halogens is 3. The molecular weight excluding hydrogens is 612 g/mol. The lowest BCUT2D eigenvalue weighted by Crippen LogP contribution is -2.53. The van der Waals surface area contributed by atoms with Gasteiger partial charge in [-0.05, 0) is 80.1 Å². The van der Waals surface area contributed by atoms with Gasteiger partial charge < -0.3 is 15.6 Å². The second-order valence-electron chi connectivity index (χ2n) is 12.6. The fourth-order valence-corrected chi connectivity index (χ4v) is 8.53. The Kier molecular flexibility index (Phi) is 7.55. The fraction of sp³-hybridized carbons (Fsp3) is 0.400. The van der Waals surface area contributed by atoms with Gasteiger partial charge in [0.15, 0.2) is 5.78 Å². The summed E-state index contributed by atoms with van der Waals surface area (Å²) >= 11 is 12.8. The third-order valence-electron chi connectivity index (χ3n) is 10.2. The molecule has 7 nitrogen and oxygen atoms in total. The number of nitrogens with two attached hydrogens (primary N) is 1. The lowest BCUT2D eigenvalue weighted by Gasteiger charge is -2.40. The number of likely N-dealkylation sites (tertiary alicyclic amines) is 1. The highest BCUT2D eigenvalue weighted by Crippen LogP contribution is 2.64. The third kappa shape index (κ3) is 4.48. The van der Waals surface area contributed by atoms with Crippen molar-refractivity contribution < 1.29 is 14.0 Å². The molecule has 1 aromatic heterocycles. The van der Waals surface area contributed by atoms with Crippen LogP contribution in [0.25, 0.3) is 11.0 Å². The second-order valence-corrected chi connectivity index (χ2v) is 13.5. The van der Waals surface area contributed by atoms with Crippen LogP contribution in [0, 0.1) is 11.7 Å². The van der Waals surface area contributed by atoms with Crippen molar-refractivity contribution in [2.75, 3.05) is 18.4 Å². The highest BCUT2D eigenvalue weighted by molar-refractivity contribution is 6.31. The van der Waals surface area contributed by atoms with Gasteiger partial charge in [0.1, 0.15) is 17.2 Å². The Morgan fingerprint density at radius 2 is 1.93 bits per heavy atom. The van der Waals surface area contributed by atoms with Crippen molar-refractivity contribution in [1.82, 2.24) is 14.5 Å². The van der Waals surface area contributed by atoms with E-state index >= 15 is 4.39 Å². The molecule has 0 bridgehead atoms. The first-order chi connectivity index (χ1) is 21.3. The predicted octanol–water partition coefficient (Wildman–Crippen LogP) is 7.25. The number of aryl methyl sites for hydroxylation is 1. The van der Waals surface area contributed by atoms with Crippen LogP contribution in [0.5, 0.6) is 0 Å². The van der Waals surface area contributed by atoms with Gasteiger partial charge in [-0.3, -0.25) is 14.5 Å². The highest BCUT2D eigenvalue weighted by Gasteiger charge is 2.69. The molecule has 10 heteroatoms. The van der Waals surface area contributed by atoms with Crippen LogP contribution in [0.1, 0.15) is 78.7 Å². The van der Waals surface area contributed by atoms with E-state index in [-0.39, 0.29) is 36.1 Å². The first-order valence-electron chi connectivity index (χ1n) is 15.4. The van der Waals surface area contributed by atoms with Crippen LogP contribution in [-0.4, -0.2) is 45.3 Å². The Hall–Kier alpha value is -3.30. The number of rotatable bonds is 7. The molecule has 1 spiro atoms. The molecule has 4 aliphatic rings. The van der Waals surface area contributed by atoms with Gasteiger partial charge in [-0.25, -0.2) is 9.37 Å². The van der Waals surface area contributed by atoms with E-state index in [2.05, 4.69) is 14.8 Å². The molecule has 1 amide bonds. The molecular formula is C35H36Cl2FN5O2. The lowest BCUT2D eigenvalue weighted by atomic mass is 9.70. The second kappa shape index (κ2) is 11.2. The smallest absolute Gasteiger partial charge is 0.250 e. The number of hydrogen-bond acceptors (Lipinski definition) is 5. The molecule has 8 rings (SSSR count). The number of fused-ring (bicyclic) bond motifs is 7. The van der Waals surface area contributed by atoms with Gasteiger partial charge in [0.05, 0.1) is 16.1 Å². The number of hydrogen-bond donors (Lipinski definition) is 2. The molecule has 3 aliphatic heterocycles. The average molecular weight is 649 g/mol. The maximum Gasteiger partial charge on any atom is 0.250 e. The molecule has 0 radical (unpaired) electrons. The van der Waals surface area contributed by atoms with Gasteiger partial charge in [0.25, 0.3) is 0 Å². The summed E-state index contributed by atoms with van der Waals surface area (Å²) in [6.45, 7) is 1.89. The number of Topliss-reactive ketones (excluding diaryl/α,β-unsaturated/α-hetero) is 1. The Bertz CT molecular complexity index is 1860. The van der Waals surface area contributed by atoms with Gasteiger partial charge in [-0.15, -0.1) is 0 Å². The first-order valence-corrected chi connectivity index (χ1v) is 16.1. The van der Waals surface area contributed by atoms with E-state index in [1.807, 2.05) is 30.3 Å². The summed E-state index contributed by atoms with van der Waals surface area (Å²) < 4.78 is 18.5. The standard InChI is InChI=1S/C34H32Cl2FN5O2.CH4/c35-20-9-10-22-24(16-20)40-33(44)34(22)30(21-3-1-4-23(36)31(21)37)29-27(42(34)17-18-6-7-18)12-14-41-26-11-8-19(28(43)5-2-13-38)15-25(26)39-32(29)41;/h1,3-4,8-11,15-16,18,27,29-30H,2,5-7,12-14,17,38H2,(H,40,44);1H4/t27-,29+,30-,34+;/m0./s1. The van der Waals surface area contributed by atoms with Crippen LogP contribution >= 0.6 is 23.2 Å². The van der Waals surface area contributed by atoms with Crippen molar-refractivity contribution in [3.05, 3.63) is 93.0 Å². The molecule has 4 aromatic rings. The Morgan fingerprint density at radius 1 is 1.11 bits per heavy atom. The van der Waals surface area contributed by atoms with E-state index in [9.17, 15) is 9.59 Å². The number of imidazole rings is 1. The summed E-state index contributed by atoms with van der Waals surface area (Å²) in [6, 6.07) is 16.2. The van der Waals surface area contributed by atoms with Gasteiger partial charge in [0, 0.05) is 59.2 Å². The van der Waals surface area contributed by atoms with Crippen molar-refractivity contribution in [2.24, 2.45) is 11.7 Å². The summed E-state index contributed by atoms with van der Waals surface area (Å²) in [7, 11) is 0. The van der Waals surface area contributed by atoms with E-state index in [1.54, 1.807) is 24.3 Å². The largest absolute Gasteiger partial charge is 0.330 e. The minimum absolute atomic E-state index is 0. The van der Waals surface area contributed by atoms with Crippen LogP contribution in [0.4, 0.5) is 10.1 Å². The molecule has 4 atom stereocenters. The summed E-state index contributed by atoms with van der Waals surface area (Å²) in [5.41, 5.74) is 8.59. The van der Waals surface area contributed by atoms with E-state index < -0.39 is 17.3 Å². The normalized spacial score (nSPS) is 25.2. The Balaban J connectivity index is 0.00000325. The molecule has 45 heavy (non-hydrogen) atoms. The van der Waals surface area contributed by atoms with Gasteiger partial charge >= 0.3 is 0 Å². The summed E-state index contributed by atoms with van der Waals surface area (Å²) in [5.74, 6) is -0.303. The summed E-state index contributed by atoms with van der Waals surface area (Å²) in [4.78, 5) is 35.0. The van der Waals surface area contributed by atoms with Crippen LogP contribution < -0.4 is 11.1 Å². The average Bonchev–Trinajstić information content (AvgIpc) is 3.60. The number of benzene rings is 3. The zero-order valence-electron chi connectivity index (χ0n) is 24.0. The lowest BCUT2D eigenvalue weighted by molar-refractivity contribution is -0.128. The summed E-state index contributed by atoms with van der Waals surface area (Å²) in [5, 5.41) is 3.68. The minimum atomic E-state index is -1.18. The van der Waals surface area contributed by atoms with E-state index in [4.69, 9.17) is 33.9 Å². The fourth-order valence-electron chi connectivity index (χ4n) is 8.18. The maximum absolute atomic E-state index is 16.3. The SMILES string of the molecule is C.NCCCC(=O)c1ccc2c(c1)nc1n2CC[C@H]2[C@@H]1[C@H](c1cccc(Cl)c1F)[C@]1(C(=O)Nc3cc(Cl)ccc31)N2CC1CC1. The number of carbonyl (C=O) groups is 2. The van der Waals surface area contributed by atoms with E-state index in [1.165, 1.54) is 0 Å². The van der Waals surface area contributed by atoms with Gasteiger partial charge in [-0.1, -0.05) is 48.8 Å². The van der Waals surface area contributed by atoms with Crippen molar-refractivity contribution in [3.8, 4) is 0 Å². The summed E-state index contributed by atoms with van der Waals surface area (Å²) in [6.07, 6.45) is 3.99. The molecule has 234 valence electrons. The van der Waals surface area contributed by atoms with Crippen molar-refractivity contribution >= 4 is 51.6 Å². The van der Waals surface area contributed by atoms with Gasteiger partial charge in [-0.2, -0.15) is 0 Å². The molecule has 0 unspecified atom stereocenters. The quantitative estimate of drug-likeness (QED) is 0.206. The molecule has 2 fully saturated rings. The number of nitrogens with one attached hydrogen (secondary N) is 1.